The maximum atomic E-state index is 13.6. The number of amides is 2. The molecule has 0 spiro atoms. The van der Waals surface area contributed by atoms with Gasteiger partial charge < -0.3 is 0 Å². The zero-order valence-electron chi connectivity index (χ0n) is 67.5. The lowest BCUT2D eigenvalue weighted by atomic mass is 9.65. The van der Waals surface area contributed by atoms with Gasteiger partial charge >= 0.3 is 0 Å². The highest BCUT2D eigenvalue weighted by molar-refractivity contribution is 8.27. The molecule has 4 nitrogen and oxygen atoms in total. The summed E-state index contributed by atoms with van der Waals surface area (Å²) in [5, 5.41) is 0. The van der Waals surface area contributed by atoms with Gasteiger partial charge in [0.2, 0.25) is 0 Å². The molecule has 0 aromatic carbocycles. The SMILES string of the molecule is CCCCCCCCc1cc(/C=C2\SC(=S)N(CC)C2=O)sc1-c1ccc(-c2sc(-c3cc4c(s3)-c3sc(-c5cc(CCCCCCCC)c(-c6ccc(-c7sc(/C=C8\SC(=S)N(CC)C8=O)cc7CCCCCCCC)s6)s5)cc3C4(CC(CC)CCCC)CC(CC)CCCC)cc2CCCCCCCC)s1. The van der Waals surface area contributed by atoms with Gasteiger partial charge in [0.15, 0.2) is 0 Å². The minimum absolute atomic E-state index is 0.0391. The van der Waals surface area contributed by atoms with E-state index in [2.05, 4.69) is 174 Å². The van der Waals surface area contributed by atoms with Crippen LogP contribution >= 0.6 is 139 Å². The molecular weight excluding hydrogens is 1560 g/mol. The molecule has 8 aromatic rings. The summed E-state index contributed by atoms with van der Waals surface area (Å²) in [5.41, 5.74) is 9.11. The van der Waals surface area contributed by atoms with Gasteiger partial charge in [-0.1, -0.05) is 283 Å². The molecule has 10 heterocycles. The maximum Gasteiger partial charge on any atom is 0.266 e. The van der Waals surface area contributed by atoms with Crippen molar-refractivity contribution in [2.24, 2.45) is 11.8 Å². The fourth-order valence-corrected chi connectivity index (χ4v) is 29.7. The summed E-state index contributed by atoms with van der Waals surface area (Å²) >= 11 is 30.4. The molecular formula is C93H124N2O2S12. The Balaban J connectivity index is 0.997. The Kier molecular flexibility index (Phi) is 34.8. The van der Waals surface area contributed by atoms with Gasteiger partial charge in [-0.2, -0.15) is 0 Å². The first kappa shape index (κ1) is 86.8. The number of thiophene rings is 8. The second-order valence-electron chi connectivity index (χ2n) is 31.2. The lowest BCUT2D eigenvalue weighted by Gasteiger charge is -2.37. The molecule has 109 heavy (non-hydrogen) atoms. The van der Waals surface area contributed by atoms with Crippen molar-refractivity contribution in [3.05, 3.63) is 114 Å². The van der Waals surface area contributed by atoms with Gasteiger partial charge in [0.05, 0.1) is 9.81 Å². The van der Waals surface area contributed by atoms with Crippen LogP contribution in [-0.2, 0) is 40.7 Å². The van der Waals surface area contributed by atoms with E-state index in [1.54, 1.807) is 30.7 Å². The van der Waals surface area contributed by atoms with Gasteiger partial charge in [-0.05, 0) is 196 Å². The van der Waals surface area contributed by atoms with Crippen LogP contribution in [0.2, 0.25) is 0 Å². The first-order valence-electron chi connectivity index (χ1n) is 42.8. The van der Waals surface area contributed by atoms with Crippen LogP contribution in [0, 0.1) is 11.8 Å². The van der Waals surface area contributed by atoms with Crippen molar-refractivity contribution < 1.29 is 9.59 Å². The summed E-state index contributed by atoms with van der Waals surface area (Å²) in [6.07, 6.45) is 51.8. The van der Waals surface area contributed by atoms with E-state index >= 15 is 0 Å². The van der Waals surface area contributed by atoms with Crippen LogP contribution in [0.4, 0.5) is 0 Å². The largest absolute Gasteiger partial charge is 0.293 e. The summed E-state index contributed by atoms with van der Waals surface area (Å²) in [6, 6.07) is 25.4. The number of aryl methyl sites for hydroxylation is 4. The Morgan fingerprint density at radius 2 is 0.633 bits per heavy atom. The third-order valence-electron chi connectivity index (χ3n) is 23.1. The number of thioether (sulfide) groups is 2. The third-order valence-corrected chi connectivity index (χ3v) is 36.1. The Morgan fingerprint density at radius 1 is 0.339 bits per heavy atom. The monoisotopic (exact) mass is 1680 g/mol. The minimum Gasteiger partial charge on any atom is -0.293 e. The number of nitrogens with zero attached hydrogens (tertiary/aromatic N) is 2. The lowest BCUT2D eigenvalue weighted by Crippen LogP contribution is -2.31. The smallest absolute Gasteiger partial charge is 0.266 e. The zero-order valence-corrected chi connectivity index (χ0v) is 77.3. The van der Waals surface area contributed by atoms with Crippen molar-refractivity contribution in [1.82, 2.24) is 9.80 Å². The summed E-state index contributed by atoms with van der Waals surface area (Å²) < 4.78 is 1.33. The van der Waals surface area contributed by atoms with Crippen molar-refractivity contribution in [3.63, 3.8) is 0 Å². The Hall–Kier alpha value is -3.10. The van der Waals surface area contributed by atoms with E-state index in [-0.39, 0.29) is 17.2 Å². The quantitative estimate of drug-likeness (QED) is 0.0215. The predicted molar refractivity (Wildman–Crippen MR) is 504 cm³/mol. The van der Waals surface area contributed by atoms with Crippen LogP contribution in [0.25, 0.3) is 80.4 Å². The molecule has 8 aromatic heterocycles. The van der Waals surface area contributed by atoms with Gasteiger partial charge in [-0.15, -0.1) is 90.7 Å². The Bertz CT molecular complexity index is 4040. The Morgan fingerprint density at radius 3 is 0.945 bits per heavy atom. The standard InChI is InChI=1S/C93H124N2O2S12/c1-11-21-27-31-35-39-45-65-53-69(57-81-89(96)94(19-9)91(98)108-81)100-83(65)73-49-51-75(102-73)85-67(47-41-37-33-29-23-13-3)55-77(104-85)79-59-71-87(106-79)88-72(93(71,61-63(17-7)43-25-15-5)62-64(18-8)44-26-16-6)60-80(107-88)78-56-68(48-42-38-34-30-24-14-4)86(105-78)76-52-50-74(103-76)84-66(46-40-36-32-28-22-12-2)54-70(101-84)58-82-90(97)95(20-10)92(99)109-82/h49-60,63-64H,11-48,61-62H2,1-10H3/b81-57-,82-58-. The van der Waals surface area contributed by atoms with Crippen molar-refractivity contribution in [2.75, 3.05) is 13.1 Å². The number of thiocarbonyl (C=S) groups is 2. The first-order valence-corrected chi connectivity index (χ1v) is 51.7. The lowest BCUT2D eigenvalue weighted by molar-refractivity contribution is -0.122. The highest BCUT2D eigenvalue weighted by Gasteiger charge is 2.48. The van der Waals surface area contributed by atoms with Crippen molar-refractivity contribution >= 4 is 171 Å². The highest BCUT2D eigenvalue weighted by atomic mass is 32.2. The molecule has 3 aliphatic rings. The normalized spacial score (nSPS) is 15.6. The van der Waals surface area contributed by atoms with E-state index in [1.807, 2.05) is 59.2 Å². The number of carbonyl (C=O) groups is 2. The van der Waals surface area contributed by atoms with E-state index in [9.17, 15) is 9.59 Å². The van der Waals surface area contributed by atoms with Crippen molar-refractivity contribution in [1.29, 1.82) is 0 Å². The molecule has 0 radical (unpaired) electrons. The van der Waals surface area contributed by atoms with Gasteiger partial charge in [0.25, 0.3) is 11.8 Å². The number of unbranched alkanes of at least 4 members (excludes halogenated alkanes) is 22. The number of likely N-dealkylation sites (N-methyl/N-ethyl adjacent to an activating group) is 2. The zero-order chi connectivity index (χ0) is 76.8. The number of hydrogen-bond donors (Lipinski definition) is 0. The molecule has 11 rings (SSSR count). The third kappa shape index (κ3) is 22.0. The first-order chi connectivity index (χ1) is 53.2. The van der Waals surface area contributed by atoms with E-state index < -0.39 is 0 Å². The van der Waals surface area contributed by atoms with Gasteiger partial charge in [-0.3, -0.25) is 19.4 Å². The van der Waals surface area contributed by atoms with Crippen molar-refractivity contribution in [2.45, 2.75) is 319 Å². The molecule has 2 atom stereocenters. The summed E-state index contributed by atoms with van der Waals surface area (Å²) in [6.45, 7) is 24.3. The van der Waals surface area contributed by atoms with Gasteiger partial charge in [0, 0.05) is 96.5 Å². The molecule has 2 unspecified atom stereocenters. The van der Waals surface area contributed by atoms with Crippen LogP contribution in [0.5, 0.6) is 0 Å². The highest BCUT2D eigenvalue weighted by Crippen LogP contribution is 2.64. The average molecular weight is 1690 g/mol. The van der Waals surface area contributed by atoms with E-state index in [0.29, 0.717) is 33.6 Å². The average Bonchev–Trinajstić information content (AvgIpc) is 1.54. The number of rotatable bonds is 50. The molecule has 2 amide bonds. The van der Waals surface area contributed by atoms with Crippen LogP contribution < -0.4 is 0 Å². The molecule has 0 N–H and O–H groups in total. The van der Waals surface area contributed by atoms with Gasteiger partial charge in [0.1, 0.15) is 8.64 Å². The van der Waals surface area contributed by atoms with E-state index in [1.165, 1.54) is 323 Å². The second-order valence-corrected chi connectivity index (χ2v) is 43.1. The molecule has 16 heteroatoms. The molecule has 2 saturated heterocycles. The summed E-state index contributed by atoms with van der Waals surface area (Å²) in [7, 11) is 0. The fourth-order valence-electron chi connectivity index (χ4n) is 16.7. The molecule has 2 aliphatic heterocycles. The summed E-state index contributed by atoms with van der Waals surface area (Å²) in [5.74, 6) is 1.38. The topological polar surface area (TPSA) is 40.6 Å². The van der Waals surface area contributed by atoms with Crippen LogP contribution in [0.15, 0.2) is 70.5 Å². The minimum atomic E-state index is -0.0629. The van der Waals surface area contributed by atoms with E-state index in [4.69, 9.17) is 24.4 Å². The van der Waals surface area contributed by atoms with Crippen LogP contribution in [-0.4, -0.2) is 43.3 Å². The number of fused-ring (bicyclic) bond motifs is 3. The second kappa shape index (κ2) is 43.7. The number of carbonyl (C=O) groups excluding carboxylic acids is 2. The van der Waals surface area contributed by atoms with Crippen molar-refractivity contribution in [3.8, 4) is 68.3 Å². The van der Waals surface area contributed by atoms with E-state index in [0.717, 1.165) is 45.2 Å². The fraction of sp³-hybridized carbons (Fsp3) is 0.570. The molecule has 0 saturated carbocycles. The number of hydrogen-bond acceptors (Lipinski definition) is 14. The molecule has 2 fully saturated rings. The molecule has 590 valence electrons. The molecule has 1 aliphatic carbocycles. The predicted octanol–water partition coefficient (Wildman–Crippen LogP) is 33.7. The maximum absolute atomic E-state index is 13.6. The molecule has 0 bridgehead atoms. The van der Waals surface area contributed by atoms with Crippen LogP contribution in [0.3, 0.4) is 0 Å². The van der Waals surface area contributed by atoms with Crippen LogP contribution in [0.1, 0.15) is 331 Å². The summed E-state index contributed by atoms with van der Waals surface area (Å²) in [4.78, 5) is 54.5. The van der Waals surface area contributed by atoms with Gasteiger partial charge in [-0.25, -0.2) is 0 Å². The Labute approximate surface area is 709 Å².